The zero-order chi connectivity index (χ0) is 15.3. The van der Waals surface area contributed by atoms with Gasteiger partial charge in [0.15, 0.2) is 5.82 Å². The molecule has 2 rings (SSSR count). The van der Waals surface area contributed by atoms with E-state index in [0.29, 0.717) is 12.3 Å². The van der Waals surface area contributed by atoms with Gasteiger partial charge in [-0.25, -0.2) is 0 Å². The molecule has 1 aromatic carbocycles. The topological polar surface area (TPSA) is 64.9 Å². The van der Waals surface area contributed by atoms with Crippen molar-refractivity contribution >= 4 is 11.8 Å². The highest BCUT2D eigenvalue weighted by Gasteiger charge is 2.14. The van der Waals surface area contributed by atoms with Crippen LogP contribution in [0, 0.1) is 0 Å². The molecule has 114 valence electrons. The second-order valence-electron chi connectivity index (χ2n) is 6.06. The van der Waals surface area contributed by atoms with E-state index < -0.39 is 0 Å². The SMILES string of the molecule is CC(C)(C)SCc1noc(CCC(N)c2ccccc2)n1. The molecule has 0 radical (unpaired) electrons. The maximum atomic E-state index is 6.17. The van der Waals surface area contributed by atoms with Crippen LogP contribution >= 0.6 is 11.8 Å². The van der Waals surface area contributed by atoms with Gasteiger partial charge in [-0.15, -0.1) is 11.8 Å². The van der Waals surface area contributed by atoms with Crippen molar-refractivity contribution in [2.45, 2.75) is 50.2 Å². The summed E-state index contributed by atoms with van der Waals surface area (Å²) in [4.78, 5) is 4.42. The number of hydrogen-bond acceptors (Lipinski definition) is 5. The van der Waals surface area contributed by atoms with Gasteiger partial charge >= 0.3 is 0 Å². The minimum absolute atomic E-state index is 0.00509. The van der Waals surface area contributed by atoms with Crippen molar-refractivity contribution < 1.29 is 4.52 Å². The summed E-state index contributed by atoms with van der Waals surface area (Å²) in [5.74, 6) is 2.21. The van der Waals surface area contributed by atoms with E-state index in [1.54, 1.807) is 0 Å². The standard InChI is InChI=1S/C16H23N3OS/c1-16(2,3)21-11-14-18-15(20-19-14)10-9-13(17)12-7-5-4-6-8-12/h4-8,13H,9-11,17H2,1-3H3. The van der Waals surface area contributed by atoms with Crippen molar-refractivity contribution in [1.29, 1.82) is 0 Å². The first-order valence-corrected chi connectivity index (χ1v) is 8.18. The van der Waals surface area contributed by atoms with Crippen LogP contribution in [0.15, 0.2) is 34.9 Å². The number of benzene rings is 1. The van der Waals surface area contributed by atoms with Gasteiger partial charge in [0, 0.05) is 17.2 Å². The molecule has 5 heteroatoms. The fourth-order valence-electron chi connectivity index (χ4n) is 1.88. The van der Waals surface area contributed by atoms with Crippen LogP contribution in [0.3, 0.4) is 0 Å². The van der Waals surface area contributed by atoms with Crippen LogP contribution < -0.4 is 5.73 Å². The number of aromatic nitrogens is 2. The Kier molecular flexibility index (Phi) is 5.42. The van der Waals surface area contributed by atoms with Gasteiger partial charge in [0.25, 0.3) is 0 Å². The lowest BCUT2D eigenvalue weighted by molar-refractivity contribution is 0.368. The van der Waals surface area contributed by atoms with Gasteiger partial charge in [-0.3, -0.25) is 0 Å². The Balaban J connectivity index is 1.83. The molecule has 0 amide bonds. The fourth-order valence-corrected chi connectivity index (χ4v) is 2.56. The first-order valence-electron chi connectivity index (χ1n) is 7.20. The van der Waals surface area contributed by atoms with Crippen LogP contribution in [-0.4, -0.2) is 14.9 Å². The second-order valence-corrected chi connectivity index (χ2v) is 7.86. The van der Waals surface area contributed by atoms with Crippen LogP contribution in [0.2, 0.25) is 0 Å². The smallest absolute Gasteiger partial charge is 0.226 e. The highest BCUT2D eigenvalue weighted by atomic mass is 32.2. The predicted molar refractivity (Wildman–Crippen MR) is 87.0 cm³/mol. The summed E-state index contributed by atoms with van der Waals surface area (Å²) in [7, 11) is 0. The van der Waals surface area contributed by atoms with E-state index in [1.165, 1.54) is 0 Å². The molecule has 0 fully saturated rings. The Morgan fingerprint density at radius 2 is 1.95 bits per heavy atom. The minimum Gasteiger partial charge on any atom is -0.339 e. The summed E-state index contributed by atoms with van der Waals surface area (Å²) in [5, 5.41) is 4.02. The van der Waals surface area contributed by atoms with Gasteiger partial charge in [-0.1, -0.05) is 56.3 Å². The van der Waals surface area contributed by atoms with E-state index in [0.717, 1.165) is 23.6 Å². The predicted octanol–water partition coefficient (Wildman–Crippen LogP) is 3.73. The van der Waals surface area contributed by atoms with Crippen molar-refractivity contribution in [1.82, 2.24) is 10.1 Å². The van der Waals surface area contributed by atoms with Crippen molar-refractivity contribution in [3.05, 3.63) is 47.6 Å². The van der Waals surface area contributed by atoms with Crippen LogP contribution in [0.5, 0.6) is 0 Å². The zero-order valence-electron chi connectivity index (χ0n) is 12.9. The molecule has 2 aromatic rings. The molecular formula is C16H23N3OS. The molecule has 1 atom stereocenters. The van der Waals surface area contributed by atoms with Crippen molar-refractivity contribution in [3.8, 4) is 0 Å². The monoisotopic (exact) mass is 305 g/mol. The van der Waals surface area contributed by atoms with Crippen molar-refractivity contribution in [2.75, 3.05) is 0 Å². The molecule has 1 unspecified atom stereocenters. The molecule has 1 aromatic heterocycles. The zero-order valence-corrected chi connectivity index (χ0v) is 13.7. The third-order valence-electron chi connectivity index (χ3n) is 3.04. The first-order chi connectivity index (χ1) is 9.94. The fraction of sp³-hybridized carbons (Fsp3) is 0.500. The average Bonchev–Trinajstić information content (AvgIpc) is 2.91. The average molecular weight is 305 g/mol. The molecule has 0 saturated heterocycles. The summed E-state index contributed by atoms with van der Waals surface area (Å²) >= 11 is 1.81. The highest BCUT2D eigenvalue weighted by molar-refractivity contribution is 7.99. The van der Waals surface area contributed by atoms with E-state index in [4.69, 9.17) is 10.3 Å². The molecule has 0 aliphatic heterocycles. The van der Waals surface area contributed by atoms with E-state index >= 15 is 0 Å². The summed E-state index contributed by atoms with van der Waals surface area (Å²) < 4.78 is 5.49. The second kappa shape index (κ2) is 7.09. The molecular weight excluding hydrogens is 282 g/mol. The van der Waals surface area contributed by atoms with Crippen molar-refractivity contribution in [2.24, 2.45) is 5.73 Å². The number of nitrogens with two attached hydrogens (primary N) is 1. The number of aryl methyl sites for hydroxylation is 1. The quantitative estimate of drug-likeness (QED) is 0.881. The molecule has 0 aliphatic rings. The Morgan fingerprint density at radius 1 is 1.24 bits per heavy atom. The molecule has 0 saturated carbocycles. The molecule has 21 heavy (non-hydrogen) atoms. The van der Waals surface area contributed by atoms with Gasteiger partial charge in [0.05, 0.1) is 5.75 Å². The number of rotatable bonds is 6. The molecule has 1 heterocycles. The van der Waals surface area contributed by atoms with Gasteiger partial charge in [0.1, 0.15) is 0 Å². The summed E-state index contributed by atoms with van der Waals surface area (Å²) in [6.07, 6.45) is 1.52. The molecule has 0 spiro atoms. The molecule has 2 N–H and O–H groups in total. The Morgan fingerprint density at radius 3 is 2.62 bits per heavy atom. The number of hydrogen-bond donors (Lipinski definition) is 1. The summed E-state index contributed by atoms with van der Waals surface area (Å²) in [5.41, 5.74) is 7.31. The molecule has 4 nitrogen and oxygen atoms in total. The van der Waals surface area contributed by atoms with E-state index in [-0.39, 0.29) is 10.8 Å². The third kappa shape index (κ3) is 5.52. The van der Waals surface area contributed by atoms with Gasteiger partial charge < -0.3 is 10.3 Å². The summed E-state index contributed by atoms with van der Waals surface area (Å²) in [6.45, 7) is 6.53. The Hall–Kier alpha value is -1.33. The first kappa shape index (κ1) is 16.0. The lowest BCUT2D eigenvalue weighted by Gasteiger charge is -2.15. The number of nitrogens with zero attached hydrogens (tertiary/aromatic N) is 2. The van der Waals surface area contributed by atoms with Gasteiger partial charge in [-0.2, -0.15) is 4.98 Å². The van der Waals surface area contributed by atoms with Crippen molar-refractivity contribution in [3.63, 3.8) is 0 Å². The van der Waals surface area contributed by atoms with Crippen LogP contribution in [0.4, 0.5) is 0 Å². The normalized spacial score (nSPS) is 13.3. The maximum absolute atomic E-state index is 6.17. The van der Waals surface area contributed by atoms with Crippen LogP contribution in [-0.2, 0) is 12.2 Å². The minimum atomic E-state index is 0.00509. The van der Waals surface area contributed by atoms with Crippen LogP contribution in [0.1, 0.15) is 50.5 Å². The third-order valence-corrected chi connectivity index (χ3v) is 4.31. The number of thioether (sulfide) groups is 1. The maximum Gasteiger partial charge on any atom is 0.226 e. The van der Waals surface area contributed by atoms with Crippen LogP contribution in [0.25, 0.3) is 0 Å². The highest BCUT2D eigenvalue weighted by Crippen LogP contribution is 2.26. The van der Waals surface area contributed by atoms with E-state index in [9.17, 15) is 0 Å². The van der Waals surface area contributed by atoms with Gasteiger partial charge in [-0.05, 0) is 12.0 Å². The largest absolute Gasteiger partial charge is 0.339 e. The summed E-state index contributed by atoms with van der Waals surface area (Å²) in [6, 6.07) is 10.1. The molecule has 0 bridgehead atoms. The lowest BCUT2D eigenvalue weighted by Crippen LogP contribution is -2.11. The van der Waals surface area contributed by atoms with E-state index in [2.05, 4.69) is 30.9 Å². The van der Waals surface area contributed by atoms with Gasteiger partial charge in [0.2, 0.25) is 5.89 Å². The molecule has 0 aliphatic carbocycles. The lowest BCUT2D eigenvalue weighted by atomic mass is 10.0. The van der Waals surface area contributed by atoms with E-state index in [1.807, 2.05) is 42.1 Å². The Labute approximate surface area is 130 Å². The Bertz CT molecular complexity index is 548.